The summed E-state index contributed by atoms with van der Waals surface area (Å²) in [5.74, 6) is -0.0728. The van der Waals surface area contributed by atoms with Crippen LogP contribution < -0.4 is 4.74 Å². The van der Waals surface area contributed by atoms with E-state index in [4.69, 9.17) is 9.84 Å². The van der Waals surface area contributed by atoms with Crippen molar-refractivity contribution < 1.29 is 14.6 Å². The van der Waals surface area contributed by atoms with Crippen molar-refractivity contribution in [2.45, 2.75) is 6.42 Å². The highest BCUT2D eigenvalue weighted by Crippen LogP contribution is 2.20. The zero-order valence-corrected chi connectivity index (χ0v) is 10.2. The Hall–Kier alpha value is -3.03. The van der Waals surface area contributed by atoms with E-state index in [9.17, 15) is 4.79 Å². The van der Waals surface area contributed by atoms with Crippen LogP contribution in [0, 0.1) is 0 Å². The van der Waals surface area contributed by atoms with E-state index in [0.29, 0.717) is 22.8 Å². The van der Waals surface area contributed by atoms with Gasteiger partial charge in [-0.3, -0.25) is 4.79 Å². The Morgan fingerprint density at radius 3 is 3.05 bits per heavy atom. The molecule has 3 rings (SSSR count). The third kappa shape index (κ3) is 2.53. The van der Waals surface area contributed by atoms with E-state index in [-0.39, 0.29) is 6.42 Å². The molecule has 0 aliphatic heterocycles. The molecule has 0 atom stereocenters. The number of benzene rings is 1. The van der Waals surface area contributed by atoms with Crippen molar-refractivity contribution in [3.63, 3.8) is 0 Å². The molecule has 8 heteroatoms. The summed E-state index contributed by atoms with van der Waals surface area (Å²) in [6.07, 6.45) is -0.0589. The zero-order chi connectivity index (χ0) is 13.9. The van der Waals surface area contributed by atoms with Gasteiger partial charge < -0.3 is 9.84 Å². The molecule has 0 saturated heterocycles. The molecule has 0 spiro atoms. The van der Waals surface area contributed by atoms with Crippen molar-refractivity contribution in [1.82, 2.24) is 25.3 Å². The van der Waals surface area contributed by atoms with Gasteiger partial charge in [0, 0.05) is 6.07 Å². The van der Waals surface area contributed by atoms with E-state index in [0.717, 1.165) is 0 Å². The number of aromatic nitrogens is 5. The first-order valence-electron chi connectivity index (χ1n) is 5.75. The minimum atomic E-state index is -0.893. The van der Waals surface area contributed by atoms with Crippen LogP contribution in [0.25, 0.3) is 5.65 Å². The third-order valence-corrected chi connectivity index (χ3v) is 2.52. The van der Waals surface area contributed by atoms with E-state index in [1.807, 2.05) is 0 Å². The lowest BCUT2D eigenvalue weighted by Gasteiger charge is -2.05. The molecule has 0 radical (unpaired) electrons. The largest absolute Gasteiger partial charge is 0.481 e. The number of hydrogen-bond acceptors (Lipinski definition) is 6. The van der Waals surface area contributed by atoms with Crippen LogP contribution in [-0.2, 0) is 11.2 Å². The van der Waals surface area contributed by atoms with Crippen LogP contribution in [0.1, 0.15) is 5.56 Å². The monoisotopic (exact) mass is 271 g/mol. The van der Waals surface area contributed by atoms with Crippen molar-refractivity contribution in [3.8, 4) is 11.6 Å². The van der Waals surface area contributed by atoms with Gasteiger partial charge in [0.25, 0.3) is 0 Å². The number of hydrogen-bond donors (Lipinski definition) is 1. The highest BCUT2D eigenvalue weighted by atomic mass is 16.5. The van der Waals surface area contributed by atoms with Gasteiger partial charge in [0.05, 0.1) is 6.42 Å². The summed E-state index contributed by atoms with van der Waals surface area (Å²) >= 11 is 0. The average molecular weight is 271 g/mol. The Kier molecular flexibility index (Phi) is 2.96. The van der Waals surface area contributed by atoms with E-state index in [1.165, 1.54) is 4.63 Å². The first-order chi connectivity index (χ1) is 9.70. The summed E-state index contributed by atoms with van der Waals surface area (Å²) in [4.78, 5) is 10.7. The van der Waals surface area contributed by atoms with Crippen molar-refractivity contribution in [3.05, 3.63) is 42.0 Å². The lowest BCUT2D eigenvalue weighted by Crippen LogP contribution is -2.00. The minimum absolute atomic E-state index is 0.0589. The van der Waals surface area contributed by atoms with Crippen molar-refractivity contribution >= 4 is 11.6 Å². The standard InChI is InChI=1S/C12H9N5O3/c18-12(19)7-8-2-1-3-9(6-8)20-11-5-4-10-13-15-16-17(10)14-11/h1-6H,7H2,(H,18,19). The molecule has 0 fully saturated rings. The summed E-state index contributed by atoms with van der Waals surface area (Å²) in [6.45, 7) is 0. The highest BCUT2D eigenvalue weighted by Gasteiger charge is 2.05. The quantitative estimate of drug-likeness (QED) is 0.753. The highest BCUT2D eigenvalue weighted by molar-refractivity contribution is 5.70. The predicted octanol–water partition coefficient (Wildman–Crippen LogP) is 0.939. The van der Waals surface area contributed by atoms with Gasteiger partial charge in [-0.05, 0) is 34.2 Å². The SMILES string of the molecule is O=C(O)Cc1cccc(Oc2ccc3nnnn3n2)c1. The van der Waals surface area contributed by atoms with Crippen LogP contribution in [0.5, 0.6) is 11.6 Å². The maximum Gasteiger partial charge on any atom is 0.307 e. The first-order valence-corrected chi connectivity index (χ1v) is 5.75. The second-order valence-corrected chi connectivity index (χ2v) is 4.02. The van der Waals surface area contributed by atoms with Gasteiger partial charge in [-0.25, -0.2) is 0 Å². The van der Waals surface area contributed by atoms with E-state index in [2.05, 4.69) is 20.6 Å². The number of aliphatic carboxylic acids is 1. The minimum Gasteiger partial charge on any atom is -0.481 e. The predicted molar refractivity (Wildman–Crippen MR) is 66.4 cm³/mol. The summed E-state index contributed by atoms with van der Waals surface area (Å²) < 4.78 is 6.80. The average Bonchev–Trinajstić information content (AvgIpc) is 2.85. The molecular formula is C12H9N5O3. The lowest BCUT2D eigenvalue weighted by atomic mass is 10.1. The van der Waals surface area contributed by atoms with Crippen LogP contribution >= 0.6 is 0 Å². The number of nitrogens with zero attached hydrogens (tertiary/aromatic N) is 5. The summed E-state index contributed by atoms with van der Waals surface area (Å²) in [5, 5.41) is 23.7. The van der Waals surface area contributed by atoms with Gasteiger partial charge in [0.2, 0.25) is 5.88 Å². The summed E-state index contributed by atoms with van der Waals surface area (Å²) in [6, 6.07) is 10.1. The Labute approximate surface area is 112 Å². The maximum atomic E-state index is 10.7. The Morgan fingerprint density at radius 2 is 2.20 bits per heavy atom. The number of fused-ring (bicyclic) bond motifs is 1. The van der Waals surface area contributed by atoms with Gasteiger partial charge in [-0.15, -0.1) is 14.8 Å². The third-order valence-electron chi connectivity index (χ3n) is 2.52. The first kappa shape index (κ1) is 12.0. The fraction of sp³-hybridized carbons (Fsp3) is 0.0833. The van der Waals surface area contributed by atoms with Crippen LogP contribution in [0.4, 0.5) is 0 Å². The Bertz CT molecular complexity index is 770. The fourth-order valence-corrected chi connectivity index (χ4v) is 1.70. The number of ether oxygens (including phenoxy) is 1. The van der Waals surface area contributed by atoms with Gasteiger partial charge in [-0.1, -0.05) is 12.1 Å². The van der Waals surface area contributed by atoms with Gasteiger partial charge in [0.1, 0.15) is 5.75 Å². The fourth-order valence-electron chi connectivity index (χ4n) is 1.70. The number of tetrazole rings is 1. The molecule has 0 saturated carbocycles. The number of carboxylic acids is 1. The molecule has 2 aromatic heterocycles. The Morgan fingerprint density at radius 1 is 1.30 bits per heavy atom. The van der Waals surface area contributed by atoms with Gasteiger partial charge >= 0.3 is 5.97 Å². The van der Waals surface area contributed by atoms with Crippen LogP contribution in [0.2, 0.25) is 0 Å². The molecule has 1 N–H and O–H groups in total. The van der Waals surface area contributed by atoms with Crippen LogP contribution in [0.3, 0.4) is 0 Å². The molecule has 0 unspecified atom stereocenters. The number of rotatable bonds is 4. The topological polar surface area (TPSA) is 102 Å². The molecule has 0 amide bonds. The molecule has 2 heterocycles. The number of carboxylic acid groups (broad SMARTS) is 1. The molecule has 20 heavy (non-hydrogen) atoms. The zero-order valence-electron chi connectivity index (χ0n) is 10.2. The van der Waals surface area contributed by atoms with E-state index < -0.39 is 5.97 Å². The summed E-state index contributed by atoms with van der Waals surface area (Å²) in [7, 11) is 0. The van der Waals surface area contributed by atoms with Gasteiger partial charge in [-0.2, -0.15) is 0 Å². The molecule has 3 aromatic rings. The van der Waals surface area contributed by atoms with Crippen molar-refractivity contribution in [2.24, 2.45) is 0 Å². The number of carbonyl (C=O) groups is 1. The molecule has 0 aliphatic carbocycles. The second kappa shape index (κ2) is 4.92. The molecule has 8 nitrogen and oxygen atoms in total. The Balaban J connectivity index is 1.84. The second-order valence-electron chi connectivity index (χ2n) is 4.02. The van der Waals surface area contributed by atoms with Crippen molar-refractivity contribution in [2.75, 3.05) is 0 Å². The van der Waals surface area contributed by atoms with Gasteiger partial charge in [0.15, 0.2) is 5.65 Å². The maximum absolute atomic E-state index is 10.7. The van der Waals surface area contributed by atoms with E-state index >= 15 is 0 Å². The van der Waals surface area contributed by atoms with Crippen molar-refractivity contribution in [1.29, 1.82) is 0 Å². The van der Waals surface area contributed by atoms with Crippen LogP contribution in [0.15, 0.2) is 36.4 Å². The molecule has 0 bridgehead atoms. The summed E-state index contributed by atoms with van der Waals surface area (Å²) in [5.41, 5.74) is 1.16. The molecular weight excluding hydrogens is 262 g/mol. The van der Waals surface area contributed by atoms with Crippen LogP contribution in [-0.4, -0.2) is 36.3 Å². The molecule has 0 aliphatic rings. The lowest BCUT2D eigenvalue weighted by molar-refractivity contribution is -0.136. The van der Waals surface area contributed by atoms with E-state index in [1.54, 1.807) is 36.4 Å². The smallest absolute Gasteiger partial charge is 0.307 e. The molecule has 100 valence electrons. The molecule has 1 aromatic carbocycles. The normalized spacial score (nSPS) is 10.6.